The van der Waals surface area contributed by atoms with Gasteiger partial charge in [0.15, 0.2) is 5.82 Å². The Morgan fingerprint density at radius 1 is 1.29 bits per heavy atom. The SMILES string of the molecule is COC(=O)[C@@H]1CCCCC[C@@H]1NCc1noc(C2CC2)n1. The Morgan fingerprint density at radius 2 is 2.10 bits per heavy atom. The topological polar surface area (TPSA) is 77.2 Å². The highest BCUT2D eigenvalue weighted by molar-refractivity contribution is 5.73. The molecular weight excluding hydrogens is 270 g/mol. The molecule has 6 heteroatoms. The summed E-state index contributed by atoms with van der Waals surface area (Å²) in [7, 11) is 1.46. The van der Waals surface area contributed by atoms with Crippen molar-refractivity contribution in [3.05, 3.63) is 11.7 Å². The number of aromatic nitrogens is 2. The molecule has 0 bridgehead atoms. The standard InChI is InChI=1S/C15H23N3O3/c1-20-15(19)11-5-3-2-4-6-12(11)16-9-13-17-14(21-18-13)10-7-8-10/h10-12,16H,2-9H2,1H3/t11-,12+/m1/s1. The summed E-state index contributed by atoms with van der Waals surface area (Å²) in [6, 6.07) is 0.142. The number of rotatable bonds is 5. The van der Waals surface area contributed by atoms with Crippen LogP contribution in [-0.2, 0) is 16.1 Å². The minimum Gasteiger partial charge on any atom is -0.469 e. The van der Waals surface area contributed by atoms with Crippen molar-refractivity contribution in [1.29, 1.82) is 0 Å². The summed E-state index contributed by atoms with van der Waals surface area (Å²) in [5, 5.41) is 7.44. The van der Waals surface area contributed by atoms with Crippen LogP contribution in [0, 0.1) is 5.92 Å². The maximum Gasteiger partial charge on any atom is 0.310 e. The lowest BCUT2D eigenvalue weighted by molar-refractivity contribution is -0.146. The van der Waals surface area contributed by atoms with Crippen molar-refractivity contribution in [2.24, 2.45) is 5.92 Å². The minimum atomic E-state index is -0.110. The van der Waals surface area contributed by atoms with Crippen LogP contribution in [0.1, 0.15) is 62.6 Å². The first-order valence-electron chi connectivity index (χ1n) is 7.91. The van der Waals surface area contributed by atoms with E-state index in [9.17, 15) is 4.79 Å². The lowest BCUT2D eigenvalue weighted by atomic mass is 9.95. The van der Waals surface area contributed by atoms with E-state index in [1.807, 2.05) is 0 Å². The molecule has 1 aromatic rings. The van der Waals surface area contributed by atoms with Crippen LogP contribution < -0.4 is 5.32 Å². The second kappa shape index (κ2) is 6.56. The highest BCUT2D eigenvalue weighted by atomic mass is 16.5. The Balaban J connectivity index is 1.58. The third-order valence-corrected chi connectivity index (χ3v) is 4.45. The van der Waals surface area contributed by atoms with Crippen LogP contribution in [0.25, 0.3) is 0 Å². The molecule has 2 saturated carbocycles. The minimum absolute atomic E-state index is 0.0627. The summed E-state index contributed by atoms with van der Waals surface area (Å²) in [5.41, 5.74) is 0. The molecule has 0 spiro atoms. The number of nitrogens with zero attached hydrogens (tertiary/aromatic N) is 2. The van der Waals surface area contributed by atoms with Crippen LogP contribution in [0.4, 0.5) is 0 Å². The maximum atomic E-state index is 11.9. The average Bonchev–Trinajstić information content (AvgIpc) is 3.29. The van der Waals surface area contributed by atoms with Gasteiger partial charge in [0.05, 0.1) is 19.6 Å². The van der Waals surface area contributed by atoms with Crippen molar-refractivity contribution in [3.63, 3.8) is 0 Å². The van der Waals surface area contributed by atoms with Crippen LogP contribution in [0.5, 0.6) is 0 Å². The second-order valence-corrected chi connectivity index (χ2v) is 6.08. The summed E-state index contributed by atoms with van der Waals surface area (Å²) < 4.78 is 10.2. The predicted molar refractivity (Wildman–Crippen MR) is 75.5 cm³/mol. The molecule has 1 heterocycles. The molecule has 0 aromatic carbocycles. The normalized spacial score (nSPS) is 26.3. The van der Waals surface area contributed by atoms with Gasteiger partial charge in [-0.05, 0) is 25.7 Å². The maximum absolute atomic E-state index is 11.9. The van der Waals surface area contributed by atoms with Crippen LogP contribution in [0.15, 0.2) is 4.52 Å². The lowest BCUT2D eigenvalue weighted by Gasteiger charge is -2.23. The van der Waals surface area contributed by atoms with Crippen molar-refractivity contribution >= 4 is 5.97 Å². The quantitative estimate of drug-likeness (QED) is 0.662. The molecule has 0 aliphatic heterocycles. The highest BCUT2D eigenvalue weighted by Crippen LogP contribution is 2.38. The van der Waals surface area contributed by atoms with E-state index in [4.69, 9.17) is 9.26 Å². The first-order valence-corrected chi connectivity index (χ1v) is 7.91. The zero-order chi connectivity index (χ0) is 14.7. The fourth-order valence-corrected chi connectivity index (χ4v) is 3.04. The van der Waals surface area contributed by atoms with Crippen molar-refractivity contribution in [2.45, 2.75) is 63.5 Å². The molecule has 0 radical (unpaired) electrons. The van der Waals surface area contributed by atoms with Crippen LogP contribution in [0.2, 0.25) is 0 Å². The number of esters is 1. The predicted octanol–water partition coefficient (Wildman–Crippen LogP) is 2.16. The fraction of sp³-hybridized carbons (Fsp3) is 0.800. The first-order chi connectivity index (χ1) is 10.3. The molecule has 2 fully saturated rings. The van der Waals surface area contributed by atoms with Gasteiger partial charge in [0, 0.05) is 12.0 Å². The number of ether oxygens (including phenoxy) is 1. The number of methoxy groups -OCH3 is 1. The van der Waals surface area contributed by atoms with E-state index >= 15 is 0 Å². The molecule has 2 aliphatic rings. The van der Waals surface area contributed by atoms with Gasteiger partial charge in [-0.2, -0.15) is 4.98 Å². The molecule has 2 aliphatic carbocycles. The Hall–Kier alpha value is -1.43. The van der Waals surface area contributed by atoms with E-state index in [0.29, 0.717) is 18.3 Å². The van der Waals surface area contributed by atoms with Crippen LogP contribution >= 0.6 is 0 Å². The number of carbonyl (C=O) groups is 1. The van der Waals surface area contributed by atoms with Crippen molar-refractivity contribution in [3.8, 4) is 0 Å². The Morgan fingerprint density at radius 3 is 2.86 bits per heavy atom. The van der Waals surface area contributed by atoms with Crippen molar-refractivity contribution < 1.29 is 14.1 Å². The van der Waals surface area contributed by atoms with Gasteiger partial charge in [0.25, 0.3) is 0 Å². The largest absolute Gasteiger partial charge is 0.469 e. The molecule has 1 aromatic heterocycles. The molecular formula is C15H23N3O3. The highest BCUT2D eigenvalue weighted by Gasteiger charge is 2.31. The molecule has 21 heavy (non-hydrogen) atoms. The third kappa shape index (κ3) is 3.61. The zero-order valence-electron chi connectivity index (χ0n) is 12.5. The smallest absolute Gasteiger partial charge is 0.310 e. The summed E-state index contributed by atoms with van der Waals surface area (Å²) in [6.45, 7) is 0.550. The molecule has 116 valence electrons. The molecule has 6 nitrogen and oxygen atoms in total. The molecule has 0 saturated heterocycles. The van der Waals surface area contributed by atoms with Gasteiger partial charge in [-0.1, -0.05) is 24.4 Å². The van der Waals surface area contributed by atoms with Crippen LogP contribution in [-0.4, -0.2) is 29.3 Å². The second-order valence-electron chi connectivity index (χ2n) is 6.08. The monoisotopic (exact) mass is 293 g/mol. The third-order valence-electron chi connectivity index (χ3n) is 4.45. The molecule has 0 amide bonds. The van der Waals surface area contributed by atoms with Crippen molar-refractivity contribution in [2.75, 3.05) is 7.11 Å². The van der Waals surface area contributed by atoms with Gasteiger partial charge < -0.3 is 14.6 Å². The molecule has 2 atom stereocenters. The van der Waals surface area contributed by atoms with Gasteiger partial charge in [0.1, 0.15) is 0 Å². The molecule has 0 unspecified atom stereocenters. The van der Waals surface area contributed by atoms with Crippen LogP contribution in [0.3, 0.4) is 0 Å². The van der Waals surface area contributed by atoms with E-state index in [1.54, 1.807) is 0 Å². The lowest BCUT2D eigenvalue weighted by Crippen LogP contribution is -2.39. The van der Waals surface area contributed by atoms with Gasteiger partial charge >= 0.3 is 5.97 Å². The van der Waals surface area contributed by atoms with Gasteiger partial charge in [-0.25, -0.2) is 0 Å². The summed E-state index contributed by atoms with van der Waals surface area (Å²) >= 11 is 0. The van der Waals surface area contributed by atoms with E-state index in [1.165, 1.54) is 13.5 Å². The Bertz CT molecular complexity index is 484. The first kappa shape index (κ1) is 14.5. The Kier molecular flexibility index (Phi) is 4.53. The summed E-state index contributed by atoms with van der Waals surface area (Å²) in [4.78, 5) is 16.3. The number of nitrogens with one attached hydrogen (secondary N) is 1. The van der Waals surface area contributed by atoms with Gasteiger partial charge in [-0.3, -0.25) is 4.79 Å². The van der Waals surface area contributed by atoms with E-state index in [-0.39, 0.29) is 17.9 Å². The summed E-state index contributed by atoms with van der Waals surface area (Å²) in [5.74, 6) is 1.75. The number of hydrogen-bond donors (Lipinski definition) is 1. The van der Waals surface area contributed by atoms with Gasteiger partial charge in [-0.15, -0.1) is 0 Å². The molecule has 1 N–H and O–H groups in total. The zero-order valence-corrected chi connectivity index (χ0v) is 12.5. The van der Waals surface area contributed by atoms with E-state index < -0.39 is 0 Å². The average molecular weight is 293 g/mol. The van der Waals surface area contributed by atoms with Gasteiger partial charge in [0.2, 0.25) is 5.89 Å². The Labute approximate surface area is 124 Å². The number of hydrogen-bond acceptors (Lipinski definition) is 6. The van der Waals surface area contributed by atoms with E-state index in [2.05, 4.69) is 15.5 Å². The number of carbonyl (C=O) groups excluding carboxylic acids is 1. The fourth-order valence-electron chi connectivity index (χ4n) is 3.04. The summed E-state index contributed by atoms with van der Waals surface area (Å²) in [6.07, 6.45) is 7.61. The molecule has 3 rings (SSSR count). The van der Waals surface area contributed by atoms with Crippen molar-refractivity contribution in [1.82, 2.24) is 15.5 Å². The van der Waals surface area contributed by atoms with E-state index in [0.717, 1.165) is 44.4 Å².